The predicted octanol–water partition coefficient (Wildman–Crippen LogP) is 2.89. The van der Waals surface area contributed by atoms with Crippen molar-refractivity contribution in [3.05, 3.63) is 102 Å². The molecule has 1 saturated heterocycles. The van der Waals surface area contributed by atoms with Gasteiger partial charge in [-0.05, 0) is 29.2 Å². The highest BCUT2D eigenvalue weighted by Gasteiger charge is 2.29. The van der Waals surface area contributed by atoms with Crippen molar-refractivity contribution in [3.8, 4) is 0 Å². The molecule has 3 aromatic rings. The fourth-order valence-corrected chi connectivity index (χ4v) is 4.18. The van der Waals surface area contributed by atoms with Crippen LogP contribution in [-0.2, 0) is 11.2 Å². The third-order valence-electron chi connectivity index (χ3n) is 5.72. The molecule has 0 saturated carbocycles. The Morgan fingerprint density at radius 2 is 1.47 bits per heavy atom. The Morgan fingerprint density at radius 3 is 2.00 bits per heavy atom. The molecule has 1 fully saturated rings. The fraction of sp³-hybridized carbons (Fsp3) is 0.280. The summed E-state index contributed by atoms with van der Waals surface area (Å²) in [5, 5.41) is 0. The van der Waals surface area contributed by atoms with E-state index in [1.807, 2.05) is 29.2 Å². The van der Waals surface area contributed by atoms with Crippen molar-refractivity contribution in [2.75, 3.05) is 26.2 Å². The number of carbonyl (C=O) groups is 1. The molecule has 1 unspecified atom stereocenters. The van der Waals surface area contributed by atoms with Crippen LogP contribution in [0.4, 0.5) is 0 Å². The molecule has 0 aliphatic carbocycles. The van der Waals surface area contributed by atoms with Gasteiger partial charge in [0.1, 0.15) is 0 Å². The minimum absolute atomic E-state index is 0.0227. The number of hydrogen-bond donors (Lipinski definition) is 1. The van der Waals surface area contributed by atoms with E-state index in [1.165, 1.54) is 11.1 Å². The van der Waals surface area contributed by atoms with Gasteiger partial charge in [0.25, 0.3) is 0 Å². The van der Waals surface area contributed by atoms with Gasteiger partial charge in [-0.2, -0.15) is 0 Å². The Kier molecular flexibility index (Phi) is 6.52. The number of nitrogens with two attached hydrogens (primary N) is 1. The summed E-state index contributed by atoms with van der Waals surface area (Å²) in [5.41, 5.74) is 9.76. The summed E-state index contributed by atoms with van der Waals surface area (Å²) < 4.78 is 0. The average Bonchev–Trinajstić information content (AvgIpc) is 2.81. The molecule has 4 rings (SSSR count). The van der Waals surface area contributed by atoms with Gasteiger partial charge in [0.05, 0.1) is 12.1 Å². The lowest BCUT2D eigenvalue weighted by Gasteiger charge is -2.40. The second-order valence-corrected chi connectivity index (χ2v) is 7.76. The normalized spacial score (nSPS) is 15.9. The summed E-state index contributed by atoms with van der Waals surface area (Å²) >= 11 is 0. The number of pyridine rings is 1. The summed E-state index contributed by atoms with van der Waals surface area (Å²) in [6, 6.07) is 24.7. The van der Waals surface area contributed by atoms with Crippen molar-refractivity contribution in [1.82, 2.24) is 14.8 Å². The number of amides is 1. The van der Waals surface area contributed by atoms with E-state index in [1.54, 1.807) is 12.4 Å². The maximum atomic E-state index is 12.9. The number of nitrogens with zero attached hydrogens (tertiary/aromatic N) is 3. The Labute approximate surface area is 178 Å². The molecule has 0 bridgehead atoms. The van der Waals surface area contributed by atoms with Crippen LogP contribution in [0.5, 0.6) is 0 Å². The van der Waals surface area contributed by atoms with E-state index in [-0.39, 0.29) is 11.9 Å². The van der Waals surface area contributed by atoms with E-state index < -0.39 is 6.04 Å². The molecule has 2 N–H and O–H groups in total. The van der Waals surface area contributed by atoms with Crippen LogP contribution in [0.3, 0.4) is 0 Å². The third kappa shape index (κ3) is 4.75. The van der Waals surface area contributed by atoms with E-state index in [0.717, 1.165) is 18.7 Å². The zero-order chi connectivity index (χ0) is 20.8. The maximum Gasteiger partial charge on any atom is 0.239 e. The lowest BCUT2D eigenvalue weighted by atomic mass is 9.96. The molecule has 1 aliphatic rings. The lowest BCUT2D eigenvalue weighted by molar-refractivity contribution is -0.134. The second kappa shape index (κ2) is 9.65. The van der Waals surface area contributed by atoms with Gasteiger partial charge in [-0.15, -0.1) is 0 Å². The number of piperazine rings is 1. The quantitative estimate of drug-likeness (QED) is 0.691. The lowest BCUT2D eigenvalue weighted by Crippen LogP contribution is -2.54. The van der Waals surface area contributed by atoms with Crippen molar-refractivity contribution in [3.63, 3.8) is 0 Å². The van der Waals surface area contributed by atoms with Gasteiger partial charge in [0, 0.05) is 38.6 Å². The highest BCUT2D eigenvalue weighted by atomic mass is 16.2. The monoisotopic (exact) mass is 400 g/mol. The first-order chi connectivity index (χ1) is 14.7. The zero-order valence-electron chi connectivity index (χ0n) is 17.1. The molecule has 5 nitrogen and oxygen atoms in total. The molecule has 1 atom stereocenters. The molecular weight excluding hydrogens is 372 g/mol. The summed E-state index contributed by atoms with van der Waals surface area (Å²) in [6.07, 6.45) is 4.02. The number of rotatable bonds is 6. The molecule has 154 valence electrons. The number of aromatic nitrogens is 1. The van der Waals surface area contributed by atoms with Crippen molar-refractivity contribution in [2.24, 2.45) is 5.73 Å². The highest BCUT2D eigenvalue weighted by Crippen LogP contribution is 2.29. The van der Waals surface area contributed by atoms with E-state index in [4.69, 9.17) is 5.73 Å². The summed E-state index contributed by atoms with van der Waals surface area (Å²) in [7, 11) is 0. The van der Waals surface area contributed by atoms with Gasteiger partial charge >= 0.3 is 0 Å². The van der Waals surface area contributed by atoms with Crippen LogP contribution in [0.15, 0.2) is 85.2 Å². The summed E-state index contributed by atoms with van der Waals surface area (Å²) in [6.45, 7) is 3.02. The predicted molar refractivity (Wildman–Crippen MR) is 119 cm³/mol. The highest BCUT2D eigenvalue weighted by molar-refractivity contribution is 5.82. The van der Waals surface area contributed by atoms with Crippen LogP contribution >= 0.6 is 0 Å². The van der Waals surface area contributed by atoms with E-state index in [9.17, 15) is 4.79 Å². The van der Waals surface area contributed by atoms with Crippen molar-refractivity contribution >= 4 is 5.91 Å². The van der Waals surface area contributed by atoms with E-state index in [0.29, 0.717) is 19.5 Å². The summed E-state index contributed by atoms with van der Waals surface area (Å²) in [5.74, 6) is 0.0227. The average molecular weight is 401 g/mol. The minimum atomic E-state index is -0.528. The van der Waals surface area contributed by atoms with Gasteiger partial charge in [-0.25, -0.2) is 0 Å². The smallest absolute Gasteiger partial charge is 0.239 e. The van der Waals surface area contributed by atoms with E-state index >= 15 is 0 Å². The van der Waals surface area contributed by atoms with Crippen LogP contribution in [0, 0.1) is 0 Å². The molecule has 2 aromatic carbocycles. The van der Waals surface area contributed by atoms with Gasteiger partial charge in [0.2, 0.25) is 5.91 Å². The van der Waals surface area contributed by atoms with Crippen LogP contribution in [0.1, 0.15) is 22.7 Å². The van der Waals surface area contributed by atoms with Gasteiger partial charge in [-0.3, -0.25) is 14.7 Å². The van der Waals surface area contributed by atoms with Crippen molar-refractivity contribution in [2.45, 2.75) is 18.5 Å². The molecule has 5 heteroatoms. The Balaban J connectivity index is 1.42. The molecule has 2 heterocycles. The largest absolute Gasteiger partial charge is 0.339 e. The van der Waals surface area contributed by atoms with Crippen molar-refractivity contribution in [1.29, 1.82) is 0 Å². The summed E-state index contributed by atoms with van der Waals surface area (Å²) in [4.78, 5) is 21.4. The number of benzene rings is 2. The molecule has 30 heavy (non-hydrogen) atoms. The third-order valence-corrected chi connectivity index (χ3v) is 5.72. The van der Waals surface area contributed by atoms with E-state index in [2.05, 4.69) is 58.4 Å². The van der Waals surface area contributed by atoms with Crippen molar-refractivity contribution < 1.29 is 4.79 Å². The first kappa shape index (κ1) is 20.3. The molecule has 0 radical (unpaired) electrons. The minimum Gasteiger partial charge on any atom is -0.339 e. The zero-order valence-corrected chi connectivity index (χ0v) is 17.1. The first-order valence-corrected chi connectivity index (χ1v) is 10.5. The molecule has 1 aliphatic heterocycles. The Morgan fingerprint density at radius 1 is 0.867 bits per heavy atom. The van der Waals surface area contributed by atoms with Crippen LogP contribution < -0.4 is 5.73 Å². The van der Waals surface area contributed by atoms with Crippen LogP contribution in [0.2, 0.25) is 0 Å². The van der Waals surface area contributed by atoms with Crippen LogP contribution in [0.25, 0.3) is 0 Å². The molecule has 1 aromatic heterocycles. The molecule has 0 spiro atoms. The maximum absolute atomic E-state index is 12.9. The number of hydrogen-bond acceptors (Lipinski definition) is 4. The van der Waals surface area contributed by atoms with Gasteiger partial charge < -0.3 is 10.6 Å². The second-order valence-electron chi connectivity index (χ2n) is 7.76. The topological polar surface area (TPSA) is 62.5 Å². The Bertz CT molecular complexity index is 886. The first-order valence-electron chi connectivity index (χ1n) is 10.5. The number of carbonyl (C=O) groups excluding carboxylic acids is 1. The molecular formula is C25H28N4O. The van der Waals surface area contributed by atoms with Gasteiger partial charge in [0.15, 0.2) is 0 Å². The fourth-order valence-electron chi connectivity index (χ4n) is 4.18. The standard InChI is InChI=1S/C25H28N4O/c26-23(18-20-8-7-13-27-19-20)25(30)29-16-14-28(15-17-29)24(21-9-3-1-4-10-21)22-11-5-2-6-12-22/h1-13,19,23-24H,14-18,26H2. The van der Waals surface area contributed by atoms with Crippen LogP contribution in [-0.4, -0.2) is 52.9 Å². The SMILES string of the molecule is NC(Cc1cccnc1)C(=O)N1CCN(C(c2ccccc2)c2ccccc2)CC1. The Hall–Kier alpha value is -3.02. The molecule has 1 amide bonds. The van der Waals surface area contributed by atoms with Gasteiger partial charge in [-0.1, -0.05) is 66.7 Å².